The molecule has 0 unspecified atom stereocenters. The Hall–Kier alpha value is -3.99. The molecule has 1 aromatic heterocycles. The maximum Gasteiger partial charge on any atom is 0.410 e. The van der Waals surface area contributed by atoms with E-state index in [0.717, 1.165) is 12.8 Å². The van der Waals surface area contributed by atoms with Crippen LogP contribution in [0.4, 0.5) is 10.5 Å². The van der Waals surface area contributed by atoms with Crippen LogP contribution < -0.4 is 10.1 Å². The van der Waals surface area contributed by atoms with Gasteiger partial charge in [-0.05, 0) is 69.3 Å². The van der Waals surface area contributed by atoms with E-state index in [0.29, 0.717) is 41.1 Å². The molecule has 3 aromatic rings. The van der Waals surface area contributed by atoms with Crippen LogP contribution in [-0.4, -0.2) is 41.7 Å². The van der Waals surface area contributed by atoms with Crippen LogP contribution in [0.15, 0.2) is 52.9 Å². The van der Waals surface area contributed by atoms with Crippen LogP contribution in [0.1, 0.15) is 49.7 Å². The van der Waals surface area contributed by atoms with Crippen molar-refractivity contribution in [1.82, 2.24) is 4.90 Å². The lowest BCUT2D eigenvalue weighted by Crippen LogP contribution is -2.44. The first-order valence-corrected chi connectivity index (χ1v) is 11.2. The SMILES string of the molecule is CC(C)(C)OC(=O)N1CCC(Oc2ccc(NC(=O)c3cc4cc(C#N)ccc4o3)cc2)CC1. The minimum absolute atomic E-state index is 0.00739. The van der Waals surface area contributed by atoms with Crippen molar-refractivity contribution >= 4 is 28.7 Å². The van der Waals surface area contributed by atoms with Gasteiger partial charge in [0.25, 0.3) is 5.91 Å². The Bertz CT molecular complexity index is 1230. The minimum atomic E-state index is -0.507. The lowest BCUT2D eigenvalue weighted by atomic mass is 10.1. The highest BCUT2D eigenvalue weighted by Gasteiger charge is 2.27. The lowest BCUT2D eigenvalue weighted by Gasteiger charge is -2.33. The molecule has 176 valence electrons. The molecule has 0 bridgehead atoms. The molecule has 0 spiro atoms. The second-order valence-electron chi connectivity index (χ2n) is 9.24. The Morgan fingerprint density at radius 2 is 1.79 bits per heavy atom. The Morgan fingerprint density at radius 1 is 1.09 bits per heavy atom. The summed E-state index contributed by atoms with van der Waals surface area (Å²) in [7, 11) is 0. The molecule has 1 aliphatic heterocycles. The third-order valence-corrected chi connectivity index (χ3v) is 5.38. The quantitative estimate of drug-likeness (QED) is 0.563. The monoisotopic (exact) mass is 461 g/mol. The number of rotatable bonds is 4. The van der Waals surface area contributed by atoms with E-state index >= 15 is 0 Å². The van der Waals surface area contributed by atoms with Crippen molar-refractivity contribution in [1.29, 1.82) is 5.26 Å². The van der Waals surface area contributed by atoms with Crippen molar-refractivity contribution in [2.24, 2.45) is 0 Å². The second-order valence-corrected chi connectivity index (χ2v) is 9.24. The number of benzene rings is 2. The van der Waals surface area contributed by atoms with Crippen LogP contribution in [0, 0.1) is 11.3 Å². The first-order valence-electron chi connectivity index (χ1n) is 11.2. The van der Waals surface area contributed by atoms with Crippen molar-refractivity contribution < 1.29 is 23.5 Å². The van der Waals surface area contributed by atoms with E-state index in [9.17, 15) is 9.59 Å². The summed E-state index contributed by atoms with van der Waals surface area (Å²) >= 11 is 0. The molecule has 0 radical (unpaired) electrons. The average Bonchev–Trinajstić information content (AvgIpc) is 3.23. The number of carbonyl (C=O) groups excluding carboxylic acids is 2. The molecule has 8 heteroatoms. The number of piperidine rings is 1. The summed E-state index contributed by atoms with van der Waals surface area (Å²) in [4.78, 5) is 26.5. The van der Waals surface area contributed by atoms with Gasteiger partial charge in [-0.25, -0.2) is 4.79 Å². The number of nitrogens with zero attached hydrogens (tertiary/aromatic N) is 2. The molecular weight excluding hydrogens is 434 g/mol. The first-order chi connectivity index (χ1) is 16.2. The zero-order valence-corrected chi connectivity index (χ0v) is 19.5. The number of likely N-dealkylation sites (tertiary alicyclic amines) is 1. The standard InChI is InChI=1S/C26H27N3O5/c1-26(2,3)34-25(31)29-12-10-21(11-13-29)32-20-7-5-19(6-8-20)28-24(30)23-15-18-14-17(16-27)4-9-22(18)33-23/h4-9,14-15,21H,10-13H2,1-3H3,(H,28,30). The second kappa shape index (κ2) is 9.48. The number of amides is 2. The van der Waals surface area contributed by atoms with Gasteiger partial charge >= 0.3 is 6.09 Å². The predicted octanol–water partition coefficient (Wildman–Crippen LogP) is 5.34. The van der Waals surface area contributed by atoms with Crippen LogP contribution in [-0.2, 0) is 4.74 Å². The van der Waals surface area contributed by atoms with Crippen LogP contribution in [0.2, 0.25) is 0 Å². The highest BCUT2D eigenvalue weighted by atomic mass is 16.6. The number of ether oxygens (including phenoxy) is 2. The molecule has 34 heavy (non-hydrogen) atoms. The largest absolute Gasteiger partial charge is 0.490 e. The van der Waals surface area contributed by atoms with E-state index in [2.05, 4.69) is 11.4 Å². The topological polar surface area (TPSA) is 105 Å². The highest BCUT2D eigenvalue weighted by Crippen LogP contribution is 2.24. The number of nitrogens with one attached hydrogen (secondary N) is 1. The van der Waals surface area contributed by atoms with Gasteiger partial charge in [-0.3, -0.25) is 4.79 Å². The number of carbonyl (C=O) groups is 2. The van der Waals surface area contributed by atoms with Gasteiger partial charge in [-0.2, -0.15) is 5.26 Å². The van der Waals surface area contributed by atoms with E-state index in [1.807, 2.05) is 20.8 Å². The molecule has 0 aliphatic carbocycles. The van der Waals surface area contributed by atoms with E-state index < -0.39 is 5.60 Å². The van der Waals surface area contributed by atoms with Gasteiger partial charge in [-0.15, -0.1) is 0 Å². The summed E-state index contributed by atoms with van der Waals surface area (Å²) in [6.45, 7) is 6.74. The van der Waals surface area contributed by atoms with E-state index in [1.54, 1.807) is 53.4 Å². The summed E-state index contributed by atoms with van der Waals surface area (Å²) in [5.74, 6) is 0.488. The van der Waals surface area contributed by atoms with Crippen molar-refractivity contribution in [2.45, 2.75) is 45.3 Å². The fourth-order valence-corrected chi connectivity index (χ4v) is 3.71. The molecule has 1 saturated heterocycles. The Kier molecular flexibility index (Phi) is 6.46. The van der Waals surface area contributed by atoms with Gasteiger partial charge in [-0.1, -0.05) is 0 Å². The van der Waals surface area contributed by atoms with Gasteiger partial charge in [0, 0.05) is 37.0 Å². The third kappa shape index (κ3) is 5.67. The number of hydrogen-bond donors (Lipinski definition) is 1. The van der Waals surface area contributed by atoms with Gasteiger partial charge < -0.3 is 24.1 Å². The van der Waals surface area contributed by atoms with Crippen molar-refractivity contribution in [3.8, 4) is 11.8 Å². The summed E-state index contributed by atoms with van der Waals surface area (Å²) in [5, 5.41) is 12.5. The van der Waals surface area contributed by atoms with Gasteiger partial charge in [0.2, 0.25) is 0 Å². The maximum atomic E-state index is 12.6. The molecule has 1 aliphatic rings. The molecule has 1 fully saturated rings. The Morgan fingerprint density at radius 3 is 2.44 bits per heavy atom. The smallest absolute Gasteiger partial charge is 0.410 e. The molecule has 0 atom stereocenters. The summed E-state index contributed by atoms with van der Waals surface area (Å²) < 4.78 is 17.1. The normalized spacial score (nSPS) is 14.5. The molecular formula is C26H27N3O5. The van der Waals surface area contributed by atoms with E-state index in [1.165, 1.54) is 0 Å². The Labute approximate surface area is 198 Å². The molecule has 4 rings (SSSR count). The zero-order chi connectivity index (χ0) is 24.3. The highest BCUT2D eigenvalue weighted by molar-refractivity contribution is 6.04. The number of nitriles is 1. The molecule has 0 saturated carbocycles. The average molecular weight is 462 g/mol. The van der Waals surface area contributed by atoms with Crippen LogP contribution in [0.3, 0.4) is 0 Å². The maximum absolute atomic E-state index is 12.6. The minimum Gasteiger partial charge on any atom is -0.490 e. The van der Waals surface area contributed by atoms with Crippen LogP contribution in [0.25, 0.3) is 11.0 Å². The summed E-state index contributed by atoms with van der Waals surface area (Å²) in [6.07, 6.45) is 1.16. The van der Waals surface area contributed by atoms with Crippen molar-refractivity contribution in [3.05, 3.63) is 59.9 Å². The fraction of sp³-hybridized carbons (Fsp3) is 0.346. The molecule has 2 heterocycles. The van der Waals surface area contributed by atoms with Gasteiger partial charge in [0.15, 0.2) is 5.76 Å². The van der Waals surface area contributed by atoms with Crippen LogP contribution in [0.5, 0.6) is 5.75 Å². The van der Waals surface area contributed by atoms with Gasteiger partial charge in [0.05, 0.1) is 11.6 Å². The van der Waals surface area contributed by atoms with E-state index in [4.69, 9.17) is 19.2 Å². The Balaban J connectivity index is 1.29. The number of anilines is 1. The first kappa shape index (κ1) is 23.2. The zero-order valence-electron chi connectivity index (χ0n) is 19.5. The van der Waals surface area contributed by atoms with E-state index in [-0.39, 0.29) is 23.9 Å². The lowest BCUT2D eigenvalue weighted by molar-refractivity contribution is 0.0126. The molecule has 1 N–H and O–H groups in total. The third-order valence-electron chi connectivity index (χ3n) is 5.38. The molecule has 8 nitrogen and oxygen atoms in total. The molecule has 2 aromatic carbocycles. The van der Waals surface area contributed by atoms with Crippen molar-refractivity contribution in [2.75, 3.05) is 18.4 Å². The number of furan rings is 1. The van der Waals surface area contributed by atoms with Crippen molar-refractivity contribution in [3.63, 3.8) is 0 Å². The van der Waals surface area contributed by atoms with Crippen LogP contribution >= 0.6 is 0 Å². The summed E-state index contributed by atoms with van der Waals surface area (Å²) in [6, 6.07) is 15.8. The summed E-state index contributed by atoms with van der Waals surface area (Å²) in [5.41, 5.74) is 1.15. The fourth-order valence-electron chi connectivity index (χ4n) is 3.71. The predicted molar refractivity (Wildman–Crippen MR) is 127 cm³/mol. The molecule has 2 amide bonds. The van der Waals surface area contributed by atoms with Gasteiger partial charge in [0.1, 0.15) is 23.0 Å². The number of fused-ring (bicyclic) bond motifs is 1. The number of hydrogen-bond acceptors (Lipinski definition) is 6.